The lowest BCUT2D eigenvalue weighted by molar-refractivity contribution is 0.139. The lowest BCUT2D eigenvalue weighted by Gasteiger charge is -2.34. The Kier molecular flexibility index (Phi) is 8.57. The first-order chi connectivity index (χ1) is 15.8. The van der Waals surface area contributed by atoms with Crippen LogP contribution in [0.4, 0.5) is 10.5 Å². The van der Waals surface area contributed by atoms with Crippen molar-refractivity contribution < 1.29 is 23.1 Å². The second-order valence-corrected chi connectivity index (χ2v) is 10.4. The molecule has 180 valence electrons. The number of nitrogens with zero attached hydrogens (tertiary/aromatic N) is 2. The number of ether oxygens (including phenoxy) is 1. The van der Waals surface area contributed by atoms with Crippen LogP contribution in [-0.4, -0.2) is 43.6 Å². The average Bonchev–Trinajstić information content (AvgIpc) is 2.82. The van der Waals surface area contributed by atoms with Crippen molar-refractivity contribution >= 4 is 22.0 Å². The average molecular weight is 476 g/mol. The number of phenols is 1. The molecule has 1 aliphatic heterocycles. The number of rotatable bonds is 9. The van der Waals surface area contributed by atoms with Crippen molar-refractivity contribution in [2.75, 3.05) is 23.9 Å². The molecule has 0 saturated carbocycles. The van der Waals surface area contributed by atoms with Crippen molar-refractivity contribution in [3.8, 4) is 5.75 Å². The highest BCUT2D eigenvalue weighted by atomic mass is 32.2. The minimum absolute atomic E-state index is 0.00652. The van der Waals surface area contributed by atoms with Crippen LogP contribution in [0.5, 0.6) is 5.75 Å². The molecule has 0 atom stereocenters. The van der Waals surface area contributed by atoms with Crippen LogP contribution in [-0.2, 0) is 28.1 Å². The van der Waals surface area contributed by atoms with E-state index in [1.54, 1.807) is 18.2 Å². The Morgan fingerprint density at radius 3 is 2.45 bits per heavy atom. The lowest BCUT2D eigenvalue weighted by Crippen LogP contribution is -2.47. The fourth-order valence-corrected chi connectivity index (χ4v) is 5.63. The molecule has 0 bridgehead atoms. The van der Waals surface area contributed by atoms with Crippen LogP contribution in [0, 0.1) is 5.92 Å². The number of anilines is 1. The molecule has 2 N–H and O–H groups in total. The van der Waals surface area contributed by atoms with Gasteiger partial charge in [-0.3, -0.25) is 4.31 Å². The Labute approximate surface area is 196 Å². The maximum Gasteiger partial charge on any atom is 0.407 e. The van der Waals surface area contributed by atoms with Gasteiger partial charge in [0.15, 0.2) is 0 Å². The maximum atomic E-state index is 13.4. The summed E-state index contributed by atoms with van der Waals surface area (Å²) in [5, 5.41) is 13.6. The van der Waals surface area contributed by atoms with Crippen LogP contribution in [0.25, 0.3) is 0 Å². The van der Waals surface area contributed by atoms with Crippen LogP contribution in [0.15, 0.2) is 48.5 Å². The van der Waals surface area contributed by atoms with Crippen molar-refractivity contribution in [3.63, 3.8) is 0 Å². The Morgan fingerprint density at radius 2 is 1.79 bits per heavy atom. The Balaban J connectivity index is 1.73. The summed E-state index contributed by atoms with van der Waals surface area (Å²) in [4.78, 5) is 12.1. The van der Waals surface area contributed by atoms with Gasteiger partial charge in [0.1, 0.15) is 12.4 Å². The van der Waals surface area contributed by atoms with Gasteiger partial charge in [-0.25, -0.2) is 4.79 Å². The van der Waals surface area contributed by atoms with E-state index in [1.807, 2.05) is 44.2 Å². The van der Waals surface area contributed by atoms with Gasteiger partial charge in [0, 0.05) is 31.7 Å². The monoisotopic (exact) mass is 475 g/mol. The van der Waals surface area contributed by atoms with Gasteiger partial charge in [-0.1, -0.05) is 62.7 Å². The molecule has 0 radical (unpaired) electrons. The minimum Gasteiger partial charge on any atom is -0.505 e. The number of alkyl carbamates (subject to hydrolysis) is 1. The zero-order chi connectivity index (χ0) is 23.8. The third kappa shape index (κ3) is 6.61. The fourth-order valence-electron chi connectivity index (χ4n) is 3.75. The van der Waals surface area contributed by atoms with Gasteiger partial charge in [0.2, 0.25) is 0 Å². The Morgan fingerprint density at radius 1 is 1.09 bits per heavy atom. The summed E-state index contributed by atoms with van der Waals surface area (Å²) < 4.78 is 34.8. The molecule has 33 heavy (non-hydrogen) atoms. The number of hydrogen-bond donors (Lipinski definition) is 2. The number of piperidine rings is 1. The zero-order valence-corrected chi connectivity index (χ0v) is 20.1. The first-order valence-electron chi connectivity index (χ1n) is 11.3. The highest BCUT2D eigenvalue weighted by Crippen LogP contribution is 2.34. The second kappa shape index (κ2) is 11.4. The number of amides is 1. The second-order valence-electron chi connectivity index (χ2n) is 8.59. The van der Waals surface area contributed by atoms with Gasteiger partial charge in [-0.2, -0.15) is 12.7 Å². The number of carbonyl (C=O) groups is 1. The zero-order valence-electron chi connectivity index (χ0n) is 19.2. The molecule has 8 nitrogen and oxygen atoms in total. The molecule has 0 aliphatic carbocycles. The predicted molar refractivity (Wildman–Crippen MR) is 128 cm³/mol. The van der Waals surface area contributed by atoms with E-state index in [9.17, 15) is 18.3 Å². The van der Waals surface area contributed by atoms with E-state index in [0.717, 1.165) is 24.8 Å². The van der Waals surface area contributed by atoms with Gasteiger partial charge in [0.25, 0.3) is 0 Å². The van der Waals surface area contributed by atoms with Crippen molar-refractivity contribution in [2.45, 2.75) is 46.3 Å². The van der Waals surface area contributed by atoms with E-state index in [2.05, 4.69) is 5.32 Å². The molecule has 1 aliphatic rings. The van der Waals surface area contributed by atoms with E-state index in [4.69, 9.17) is 4.74 Å². The number of aromatic hydroxyl groups is 1. The number of nitrogens with one attached hydrogen (secondary N) is 1. The SMILES string of the molecule is CC(C)CN(c1cccc(CNC(=O)OCc2ccccc2)c1O)S(=O)(=O)N1CCCCC1. The highest BCUT2D eigenvalue weighted by molar-refractivity contribution is 7.90. The summed E-state index contributed by atoms with van der Waals surface area (Å²) in [7, 11) is -3.79. The van der Waals surface area contributed by atoms with Gasteiger partial charge in [-0.15, -0.1) is 0 Å². The predicted octanol–water partition coefficient (Wildman–Crippen LogP) is 4.01. The summed E-state index contributed by atoms with van der Waals surface area (Å²) >= 11 is 0. The van der Waals surface area contributed by atoms with E-state index >= 15 is 0 Å². The largest absolute Gasteiger partial charge is 0.505 e. The smallest absolute Gasteiger partial charge is 0.407 e. The first kappa shape index (κ1) is 24.9. The van der Waals surface area contributed by atoms with Crippen molar-refractivity contribution in [2.24, 2.45) is 5.92 Å². The third-order valence-electron chi connectivity index (χ3n) is 5.45. The van der Waals surface area contributed by atoms with Gasteiger partial charge in [-0.05, 0) is 30.4 Å². The molecule has 1 heterocycles. The summed E-state index contributed by atoms with van der Waals surface area (Å²) in [6.07, 6.45) is 2.05. The molecular weight excluding hydrogens is 442 g/mol. The molecule has 1 amide bonds. The molecule has 1 saturated heterocycles. The molecule has 0 aromatic heterocycles. The highest BCUT2D eigenvalue weighted by Gasteiger charge is 2.33. The molecule has 1 fully saturated rings. The summed E-state index contributed by atoms with van der Waals surface area (Å²) in [6, 6.07) is 14.2. The van der Waals surface area contributed by atoms with Gasteiger partial charge >= 0.3 is 16.3 Å². The lowest BCUT2D eigenvalue weighted by atomic mass is 10.1. The van der Waals surface area contributed by atoms with Crippen LogP contribution in [0.1, 0.15) is 44.2 Å². The molecule has 0 unspecified atom stereocenters. The Hall–Kier alpha value is -2.78. The van der Waals surface area contributed by atoms with Crippen molar-refractivity contribution in [3.05, 3.63) is 59.7 Å². The topological polar surface area (TPSA) is 99.2 Å². The standard InChI is InChI=1S/C24H33N3O5S/c1-19(2)17-27(33(30,31)26-14-7-4-8-15-26)22-13-9-12-21(23(22)28)16-25-24(29)32-18-20-10-5-3-6-11-20/h3,5-6,9-13,19,28H,4,7-8,14-18H2,1-2H3,(H,25,29). The molecule has 2 aromatic carbocycles. The normalized spacial score (nSPS) is 14.8. The summed E-state index contributed by atoms with van der Waals surface area (Å²) in [5.74, 6) is -0.110. The molecule has 9 heteroatoms. The number of phenolic OH excluding ortho intramolecular Hbond substituents is 1. The van der Waals surface area contributed by atoms with Gasteiger partial charge in [0.05, 0.1) is 5.69 Å². The summed E-state index contributed by atoms with van der Waals surface area (Å²) in [6.45, 7) is 5.20. The molecular formula is C24H33N3O5S. The molecule has 3 rings (SSSR count). The third-order valence-corrected chi connectivity index (χ3v) is 7.37. The number of hydrogen-bond acceptors (Lipinski definition) is 5. The number of para-hydroxylation sites is 1. The van der Waals surface area contributed by atoms with E-state index in [-0.39, 0.29) is 37.1 Å². The van der Waals surface area contributed by atoms with Crippen LogP contribution < -0.4 is 9.62 Å². The van der Waals surface area contributed by atoms with Crippen LogP contribution in [0.3, 0.4) is 0 Å². The van der Waals surface area contributed by atoms with E-state index in [0.29, 0.717) is 18.7 Å². The van der Waals surface area contributed by atoms with Crippen LogP contribution >= 0.6 is 0 Å². The molecule has 0 spiro atoms. The van der Waals surface area contributed by atoms with Crippen molar-refractivity contribution in [1.29, 1.82) is 0 Å². The maximum absolute atomic E-state index is 13.4. The first-order valence-corrected chi connectivity index (χ1v) is 12.7. The quantitative estimate of drug-likeness (QED) is 0.571. The fraction of sp³-hybridized carbons (Fsp3) is 0.458. The number of carbonyl (C=O) groups excluding carboxylic acids is 1. The number of benzene rings is 2. The summed E-state index contributed by atoms with van der Waals surface area (Å²) in [5.41, 5.74) is 1.49. The molecule has 2 aromatic rings. The van der Waals surface area contributed by atoms with E-state index < -0.39 is 16.3 Å². The minimum atomic E-state index is -3.79. The van der Waals surface area contributed by atoms with Crippen molar-refractivity contribution in [1.82, 2.24) is 9.62 Å². The van der Waals surface area contributed by atoms with Gasteiger partial charge < -0.3 is 15.2 Å². The Bertz CT molecular complexity index is 1020. The van der Waals surface area contributed by atoms with E-state index in [1.165, 1.54) is 8.61 Å². The van der Waals surface area contributed by atoms with Crippen LogP contribution in [0.2, 0.25) is 0 Å².